The summed E-state index contributed by atoms with van der Waals surface area (Å²) in [6.45, 7) is 2.41. The minimum absolute atomic E-state index is 0.0559. The molecule has 1 heterocycles. The Morgan fingerprint density at radius 1 is 1.03 bits per heavy atom. The summed E-state index contributed by atoms with van der Waals surface area (Å²) in [5.74, 6) is -0.0559. The van der Waals surface area contributed by atoms with Crippen molar-refractivity contribution in [2.45, 2.75) is 31.1 Å². The van der Waals surface area contributed by atoms with Crippen LogP contribution < -0.4 is 10.5 Å². The predicted molar refractivity (Wildman–Crippen MR) is 132 cm³/mol. The van der Waals surface area contributed by atoms with E-state index in [2.05, 4.69) is 35.6 Å². The Morgan fingerprint density at radius 3 is 2.52 bits per heavy atom. The molecule has 6 nitrogen and oxygen atoms in total. The highest BCUT2D eigenvalue weighted by Crippen LogP contribution is 2.25. The number of hydrogen-bond acceptors (Lipinski definition) is 5. The molecule has 0 aliphatic rings. The van der Waals surface area contributed by atoms with Crippen molar-refractivity contribution < 1.29 is 13.2 Å². The Bertz CT molecular complexity index is 1390. The summed E-state index contributed by atoms with van der Waals surface area (Å²) in [5, 5.41) is 11.5. The van der Waals surface area contributed by atoms with E-state index in [1.54, 1.807) is 23.5 Å². The van der Waals surface area contributed by atoms with Crippen molar-refractivity contribution in [3.05, 3.63) is 93.4 Å². The molecule has 0 fully saturated rings. The van der Waals surface area contributed by atoms with Crippen LogP contribution in [-0.4, -0.2) is 25.9 Å². The quantitative estimate of drug-likeness (QED) is 0.402. The molecular weight excluding hydrogens is 454 g/mol. The van der Waals surface area contributed by atoms with Crippen molar-refractivity contribution in [1.82, 2.24) is 10.3 Å². The average Bonchev–Trinajstić information content (AvgIpc) is 3.12. The van der Waals surface area contributed by atoms with Gasteiger partial charge in [-0.2, -0.15) is 0 Å². The number of nitrogens with one attached hydrogen (secondary N) is 1. The van der Waals surface area contributed by atoms with Crippen molar-refractivity contribution in [2.75, 3.05) is 6.54 Å². The minimum atomic E-state index is -3.70. The number of carbonyl (C=O) groups excluding carboxylic acids is 1. The standard InChI is InChI=1S/C25H25N3O3S2/c1-17-23(16-24(29)27-14-13-18-9-11-21(12-10-18)33(26,30)31)32-25(28-17)15-20-7-4-6-19-5-2-3-8-22(19)20/h2-12H,13-16H2,1H3,(H,27,29)(H2,26,30,31). The lowest BCUT2D eigenvalue weighted by Gasteiger charge is -2.06. The smallest absolute Gasteiger partial charge is 0.238 e. The summed E-state index contributed by atoms with van der Waals surface area (Å²) in [4.78, 5) is 18.2. The second-order valence-corrected chi connectivity index (χ2v) is 10.6. The molecule has 4 rings (SSSR count). The zero-order valence-corrected chi connectivity index (χ0v) is 19.9. The second kappa shape index (κ2) is 9.82. The van der Waals surface area contributed by atoms with Crippen LogP contribution in [0.2, 0.25) is 0 Å². The van der Waals surface area contributed by atoms with Crippen LogP contribution in [0.4, 0.5) is 0 Å². The molecular formula is C25H25N3O3S2. The molecule has 1 aromatic heterocycles. The fraction of sp³-hybridized carbons (Fsp3) is 0.200. The molecule has 0 spiro atoms. The Balaban J connectivity index is 1.33. The van der Waals surface area contributed by atoms with Gasteiger partial charge < -0.3 is 5.32 Å². The highest BCUT2D eigenvalue weighted by molar-refractivity contribution is 7.89. The molecule has 0 saturated heterocycles. The lowest BCUT2D eigenvalue weighted by molar-refractivity contribution is -0.120. The highest BCUT2D eigenvalue weighted by atomic mass is 32.2. The van der Waals surface area contributed by atoms with Gasteiger partial charge in [0.05, 0.1) is 22.0 Å². The fourth-order valence-electron chi connectivity index (χ4n) is 3.74. The third-order valence-electron chi connectivity index (χ3n) is 5.47. The number of sulfonamides is 1. The lowest BCUT2D eigenvalue weighted by Crippen LogP contribution is -2.27. The Kier molecular flexibility index (Phi) is 6.88. The molecule has 0 unspecified atom stereocenters. The summed E-state index contributed by atoms with van der Waals surface area (Å²) in [6, 6.07) is 21.0. The van der Waals surface area contributed by atoms with E-state index >= 15 is 0 Å². The number of carbonyl (C=O) groups is 1. The number of fused-ring (bicyclic) bond motifs is 1. The molecule has 0 atom stereocenters. The molecule has 0 saturated carbocycles. The molecule has 8 heteroatoms. The monoisotopic (exact) mass is 479 g/mol. The maximum absolute atomic E-state index is 12.5. The van der Waals surface area contributed by atoms with Crippen molar-refractivity contribution >= 4 is 38.0 Å². The van der Waals surface area contributed by atoms with Gasteiger partial charge in [0.1, 0.15) is 0 Å². The number of amides is 1. The minimum Gasteiger partial charge on any atom is -0.355 e. The second-order valence-electron chi connectivity index (χ2n) is 7.90. The molecule has 3 N–H and O–H groups in total. The third-order valence-corrected chi connectivity index (χ3v) is 7.55. The number of aromatic nitrogens is 1. The first-order chi connectivity index (χ1) is 15.8. The number of nitrogens with zero attached hydrogens (tertiary/aromatic N) is 1. The van der Waals surface area contributed by atoms with Gasteiger partial charge >= 0.3 is 0 Å². The van der Waals surface area contributed by atoms with Crippen LogP contribution in [0.1, 0.15) is 26.7 Å². The lowest BCUT2D eigenvalue weighted by atomic mass is 10.0. The van der Waals surface area contributed by atoms with Crippen molar-refractivity contribution in [1.29, 1.82) is 0 Å². The van der Waals surface area contributed by atoms with E-state index in [0.717, 1.165) is 27.6 Å². The van der Waals surface area contributed by atoms with E-state index in [4.69, 9.17) is 10.1 Å². The number of nitrogens with two attached hydrogens (primary N) is 1. The normalized spacial score (nSPS) is 11.6. The molecule has 0 radical (unpaired) electrons. The van der Waals surface area contributed by atoms with Crippen LogP contribution in [0.15, 0.2) is 71.6 Å². The maximum Gasteiger partial charge on any atom is 0.238 e. The first kappa shape index (κ1) is 23.1. The highest BCUT2D eigenvalue weighted by Gasteiger charge is 2.13. The van der Waals surface area contributed by atoms with Gasteiger partial charge in [0, 0.05) is 17.8 Å². The van der Waals surface area contributed by atoms with Crippen molar-refractivity contribution in [2.24, 2.45) is 5.14 Å². The summed E-state index contributed by atoms with van der Waals surface area (Å²) >= 11 is 1.58. The Labute approximate surface area is 197 Å². The SMILES string of the molecule is Cc1nc(Cc2cccc3ccccc23)sc1CC(=O)NCCc1ccc(S(N)(=O)=O)cc1. The van der Waals surface area contributed by atoms with E-state index < -0.39 is 10.0 Å². The maximum atomic E-state index is 12.5. The topological polar surface area (TPSA) is 102 Å². The van der Waals surface area contributed by atoms with Crippen LogP contribution >= 0.6 is 11.3 Å². The van der Waals surface area contributed by atoms with E-state index in [1.165, 1.54) is 28.5 Å². The van der Waals surface area contributed by atoms with E-state index in [9.17, 15) is 13.2 Å². The average molecular weight is 480 g/mol. The van der Waals surface area contributed by atoms with Gasteiger partial charge in [-0.15, -0.1) is 11.3 Å². The summed E-state index contributed by atoms with van der Waals surface area (Å²) in [7, 11) is -3.70. The largest absolute Gasteiger partial charge is 0.355 e. The molecule has 0 bridgehead atoms. The van der Waals surface area contributed by atoms with Gasteiger partial charge in [0.25, 0.3) is 0 Å². The van der Waals surface area contributed by atoms with Gasteiger partial charge in [-0.05, 0) is 47.4 Å². The van der Waals surface area contributed by atoms with Crippen LogP contribution in [0.25, 0.3) is 10.8 Å². The van der Waals surface area contributed by atoms with Crippen LogP contribution in [0, 0.1) is 6.92 Å². The number of thiazole rings is 1. The summed E-state index contributed by atoms with van der Waals surface area (Å²) in [6.07, 6.45) is 1.64. The van der Waals surface area contributed by atoms with E-state index in [0.29, 0.717) is 19.4 Å². The fourth-order valence-corrected chi connectivity index (χ4v) is 5.34. The van der Waals surface area contributed by atoms with Crippen LogP contribution in [-0.2, 0) is 34.1 Å². The van der Waals surface area contributed by atoms with Gasteiger partial charge in [-0.3, -0.25) is 4.79 Å². The first-order valence-corrected chi connectivity index (χ1v) is 13.0. The molecule has 0 aliphatic carbocycles. The van der Waals surface area contributed by atoms with Crippen molar-refractivity contribution in [3.8, 4) is 0 Å². The number of primary sulfonamides is 1. The Morgan fingerprint density at radius 2 is 1.76 bits per heavy atom. The van der Waals surface area contributed by atoms with Gasteiger partial charge in [-0.25, -0.2) is 18.5 Å². The molecule has 0 aliphatic heterocycles. The van der Waals surface area contributed by atoms with Crippen LogP contribution in [0.5, 0.6) is 0 Å². The molecule has 1 amide bonds. The summed E-state index contributed by atoms with van der Waals surface area (Å²) < 4.78 is 22.7. The Hall–Kier alpha value is -3.07. The third kappa shape index (κ3) is 5.84. The zero-order chi connectivity index (χ0) is 23.4. The molecule has 170 valence electrons. The van der Waals surface area contributed by atoms with Crippen LogP contribution in [0.3, 0.4) is 0 Å². The summed E-state index contributed by atoms with van der Waals surface area (Å²) in [5.41, 5.74) is 3.05. The first-order valence-electron chi connectivity index (χ1n) is 10.6. The molecule has 3 aromatic carbocycles. The zero-order valence-electron chi connectivity index (χ0n) is 18.2. The van der Waals surface area contributed by atoms with Gasteiger partial charge in [0.15, 0.2) is 0 Å². The predicted octanol–water partition coefficient (Wildman–Crippen LogP) is 3.74. The number of rotatable bonds is 8. The molecule has 4 aromatic rings. The van der Waals surface area contributed by atoms with E-state index in [-0.39, 0.29) is 10.8 Å². The molecule has 33 heavy (non-hydrogen) atoms. The van der Waals surface area contributed by atoms with Crippen molar-refractivity contribution in [3.63, 3.8) is 0 Å². The van der Waals surface area contributed by atoms with Gasteiger partial charge in [-0.1, -0.05) is 54.6 Å². The number of benzene rings is 3. The number of aryl methyl sites for hydroxylation is 1. The number of hydrogen-bond donors (Lipinski definition) is 2. The van der Waals surface area contributed by atoms with Gasteiger partial charge in [0.2, 0.25) is 15.9 Å². The van der Waals surface area contributed by atoms with E-state index in [1.807, 2.05) is 19.1 Å².